The summed E-state index contributed by atoms with van der Waals surface area (Å²) in [5.74, 6) is 0.728. The molecule has 2 heterocycles. The maximum atomic E-state index is 12.6. The molecule has 0 aliphatic rings. The number of furan rings is 1. The van der Waals surface area contributed by atoms with Crippen LogP contribution in [0.4, 0.5) is 0 Å². The van der Waals surface area contributed by atoms with Crippen LogP contribution in [0.25, 0.3) is 44.2 Å². The predicted octanol–water partition coefficient (Wildman–Crippen LogP) is 5.34. The predicted molar refractivity (Wildman–Crippen MR) is 124 cm³/mol. The third-order valence-corrected chi connectivity index (χ3v) is 5.99. The number of hydrogen-bond acceptors (Lipinski definition) is 3. The highest BCUT2D eigenvalue weighted by atomic mass is 32.2. The van der Waals surface area contributed by atoms with E-state index in [2.05, 4.69) is 0 Å². The Morgan fingerprint density at radius 1 is 0.935 bits per heavy atom. The number of aryl methyl sites for hydroxylation is 1. The minimum Gasteiger partial charge on any atom is -0.455 e. The number of nitrogens with zero attached hydrogens (tertiary/aromatic N) is 1. The summed E-state index contributed by atoms with van der Waals surface area (Å²) in [4.78, 5) is 12.6. The monoisotopic (exact) mass is 429 g/mol. The van der Waals surface area contributed by atoms with Crippen LogP contribution >= 0.6 is 0 Å². The summed E-state index contributed by atoms with van der Waals surface area (Å²) in [6.07, 6.45) is 1.80. The molecule has 2 aromatic heterocycles. The first-order valence-electron chi connectivity index (χ1n) is 9.79. The molecule has 1 unspecified atom stereocenters. The van der Waals surface area contributed by atoms with E-state index in [0.717, 1.165) is 33.0 Å². The van der Waals surface area contributed by atoms with Crippen LogP contribution in [0.3, 0.4) is 0 Å². The second-order valence-corrected chi connectivity index (χ2v) is 8.44. The van der Waals surface area contributed by atoms with Crippen LogP contribution in [0.1, 0.15) is 5.56 Å². The second kappa shape index (κ2) is 7.65. The molecule has 0 saturated heterocycles. The molecule has 31 heavy (non-hydrogen) atoms. The molecule has 0 saturated carbocycles. The lowest BCUT2D eigenvalue weighted by molar-refractivity contribution is 0.563. The highest BCUT2D eigenvalue weighted by Crippen LogP contribution is 2.38. The Balaban J connectivity index is 1.85. The van der Waals surface area contributed by atoms with E-state index in [0.29, 0.717) is 16.7 Å². The molecule has 5 aromatic rings. The smallest absolute Gasteiger partial charge is 0.258 e. The summed E-state index contributed by atoms with van der Waals surface area (Å²) in [7, 11) is 1.72. The minimum absolute atomic E-state index is 0.0124. The Kier molecular flexibility index (Phi) is 4.81. The van der Waals surface area contributed by atoms with Gasteiger partial charge in [-0.25, -0.2) is 4.21 Å². The molecule has 154 valence electrons. The lowest BCUT2D eigenvalue weighted by Crippen LogP contribution is -2.16. The molecule has 0 bridgehead atoms. The molecular formula is C25H19NO4S. The van der Waals surface area contributed by atoms with Crippen molar-refractivity contribution in [2.24, 2.45) is 7.05 Å². The molecule has 0 amide bonds. The molecule has 5 nitrogen and oxygen atoms in total. The normalized spacial score (nSPS) is 12.5. The fourth-order valence-corrected chi connectivity index (χ4v) is 4.47. The highest BCUT2D eigenvalue weighted by Gasteiger charge is 2.17. The average molecular weight is 429 g/mol. The van der Waals surface area contributed by atoms with Crippen LogP contribution in [-0.4, -0.2) is 13.3 Å². The van der Waals surface area contributed by atoms with Gasteiger partial charge in [-0.15, -0.1) is 0 Å². The first-order valence-corrected chi connectivity index (χ1v) is 11.1. The van der Waals surface area contributed by atoms with E-state index in [9.17, 15) is 13.6 Å². The molecule has 0 spiro atoms. The van der Waals surface area contributed by atoms with Crippen LogP contribution < -0.4 is 5.56 Å². The zero-order valence-electron chi connectivity index (χ0n) is 16.7. The van der Waals surface area contributed by atoms with Crippen LogP contribution in [0, 0.1) is 0 Å². The summed E-state index contributed by atoms with van der Waals surface area (Å²) in [6.45, 7) is 0. The molecule has 6 heteroatoms. The third-order valence-electron chi connectivity index (χ3n) is 5.41. The summed E-state index contributed by atoms with van der Waals surface area (Å²) >= 11 is -1.97. The highest BCUT2D eigenvalue weighted by molar-refractivity contribution is 7.78. The molecule has 5 rings (SSSR count). The summed E-state index contributed by atoms with van der Waals surface area (Å²) in [6, 6.07) is 23.0. The summed E-state index contributed by atoms with van der Waals surface area (Å²) < 4.78 is 28.9. The fourth-order valence-electron chi connectivity index (χ4n) is 4.02. The zero-order valence-corrected chi connectivity index (χ0v) is 17.6. The topological polar surface area (TPSA) is 72.4 Å². The van der Waals surface area contributed by atoms with Crippen LogP contribution in [0.2, 0.25) is 0 Å². The van der Waals surface area contributed by atoms with Gasteiger partial charge < -0.3 is 13.5 Å². The Hall–Kier alpha value is -3.48. The minimum atomic E-state index is -1.97. The van der Waals surface area contributed by atoms with E-state index in [1.807, 2.05) is 72.8 Å². The number of pyridine rings is 1. The van der Waals surface area contributed by atoms with Crippen LogP contribution in [-0.2, 0) is 23.9 Å². The average Bonchev–Trinajstić information content (AvgIpc) is 3.20. The van der Waals surface area contributed by atoms with Gasteiger partial charge in [-0.3, -0.25) is 4.79 Å². The Labute approximate surface area is 180 Å². The lowest BCUT2D eigenvalue weighted by atomic mass is 9.97. The van der Waals surface area contributed by atoms with Crippen molar-refractivity contribution in [3.63, 3.8) is 0 Å². The van der Waals surface area contributed by atoms with Gasteiger partial charge in [0.05, 0.1) is 5.75 Å². The van der Waals surface area contributed by atoms with Crippen molar-refractivity contribution in [2.75, 3.05) is 0 Å². The van der Waals surface area contributed by atoms with Crippen molar-refractivity contribution in [1.82, 2.24) is 4.57 Å². The van der Waals surface area contributed by atoms with Gasteiger partial charge in [-0.05, 0) is 35.2 Å². The second-order valence-electron chi connectivity index (χ2n) is 7.51. The Morgan fingerprint density at radius 3 is 2.39 bits per heavy atom. The van der Waals surface area contributed by atoms with Gasteiger partial charge in [0.25, 0.3) is 5.56 Å². The number of aromatic nitrogens is 1. The first kappa shape index (κ1) is 19.5. The van der Waals surface area contributed by atoms with Crippen molar-refractivity contribution in [3.05, 3.63) is 94.9 Å². The van der Waals surface area contributed by atoms with Gasteiger partial charge in [0, 0.05) is 40.7 Å². The van der Waals surface area contributed by atoms with Gasteiger partial charge in [-0.1, -0.05) is 48.5 Å². The van der Waals surface area contributed by atoms with E-state index in [-0.39, 0.29) is 11.3 Å². The quantitative estimate of drug-likeness (QED) is 0.392. The maximum Gasteiger partial charge on any atom is 0.258 e. The third kappa shape index (κ3) is 3.50. The van der Waals surface area contributed by atoms with Crippen LogP contribution in [0.5, 0.6) is 0 Å². The lowest BCUT2D eigenvalue weighted by Gasteiger charge is -2.11. The van der Waals surface area contributed by atoms with Crippen molar-refractivity contribution < 1.29 is 13.2 Å². The van der Waals surface area contributed by atoms with Crippen molar-refractivity contribution >= 4 is 32.8 Å². The summed E-state index contributed by atoms with van der Waals surface area (Å²) in [5.41, 5.74) is 3.89. The van der Waals surface area contributed by atoms with E-state index < -0.39 is 11.1 Å². The number of fused-ring (bicyclic) bond motifs is 2. The van der Waals surface area contributed by atoms with Crippen molar-refractivity contribution in [3.8, 4) is 22.5 Å². The number of benzene rings is 3. The van der Waals surface area contributed by atoms with E-state index in [1.165, 1.54) is 0 Å². The maximum absolute atomic E-state index is 12.6. The zero-order chi connectivity index (χ0) is 21.5. The van der Waals surface area contributed by atoms with Crippen LogP contribution in [0.15, 0.2) is 88.2 Å². The molecule has 0 fully saturated rings. The van der Waals surface area contributed by atoms with E-state index >= 15 is 0 Å². The fraction of sp³-hybridized carbons (Fsp3) is 0.0800. The molecule has 3 aromatic carbocycles. The van der Waals surface area contributed by atoms with Gasteiger partial charge in [0.15, 0.2) is 11.1 Å². The number of hydrogen-bond donors (Lipinski definition) is 1. The molecular weight excluding hydrogens is 410 g/mol. The largest absolute Gasteiger partial charge is 0.455 e. The molecule has 1 N–H and O–H groups in total. The molecule has 0 aliphatic carbocycles. The summed E-state index contributed by atoms with van der Waals surface area (Å²) in [5, 5.41) is 2.27. The molecule has 0 aliphatic heterocycles. The molecule has 0 radical (unpaired) electrons. The first-order chi connectivity index (χ1) is 15.0. The van der Waals surface area contributed by atoms with Gasteiger partial charge in [0.2, 0.25) is 0 Å². The SMILES string of the molecule is Cn1cc(-c2cc(CS(=O)O)cc3cc(-c4ccccc4)oc23)c2ccccc2c1=O. The number of rotatable bonds is 4. The van der Waals surface area contributed by atoms with Gasteiger partial charge in [-0.2, -0.15) is 0 Å². The molecule has 1 atom stereocenters. The van der Waals surface area contributed by atoms with Gasteiger partial charge >= 0.3 is 0 Å². The van der Waals surface area contributed by atoms with Crippen molar-refractivity contribution in [2.45, 2.75) is 5.75 Å². The Bertz CT molecular complexity index is 1520. The standard InChI is InChI=1S/C25H19NO4S/c1-26-14-22(19-9-5-6-10-20(19)25(26)27)21-12-16(15-31(28)29)11-18-13-23(30-24(18)21)17-7-3-2-4-8-17/h2-14H,15H2,1H3,(H,28,29). The Morgan fingerprint density at radius 2 is 1.65 bits per heavy atom. The van der Waals surface area contributed by atoms with E-state index in [1.54, 1.807) is 17.8 Å². The van der Waals surface area contributed by atoms with E-state index in [4.69, 9.17) is 4.42 Å². The van der Waals surface area contributed by atoms with Gasteiger partial charge in [0.1, 0.15) is 11.3 Å². The van der Waals surface area contributed by atoms with Crippen molar-refractivity contribution in [1.29, 1.82) is 0 Å².